The molecular formula is C18H16N2O4. The second-order valence-electron chi connectivity index (χ2n) is 5.34. The van der Waals surface area contributed by atoms with Crippen LogP contribution in [0, 0.1) is 6.92 Å². The number of methoxy groups -OCH3 is 1. The number of hydrogen-bond acceptors (Lipinski definition) is 5. The molecule has 0 N–H and O–H groups in total. The van der Waals surface area contributed by atoms with Gasteiger partial charge in [0.25, 0.3) is 5.56 Å². The second kappa shape index (κ2) is 6.54. The SMILES string of the molecule is COC(=O)c1ccc(-c2nc(Cn3cccc(C)c3=O)co2)cc1. The third-order valence-corrected chi connectivity index (χ3v) is 3.65. The Kier molecular flexibility index (Phi) is 4.29. The minimum absolute atomic E-state index is 0.0514. The molecule has 0 spiro atoms. The first kappa shape index (κ1) is 15.7. The number of oxazole rings is 1. The van der Waals surface area contributed by atoms with Gasteiger partial charge in [0.05, 0.1) is 24.9 Å². The van der Waals surface area contributed by atoms with E-state index in [1.165, 1.54) is 13.4 Å². The Balaban J connectivity index is 1.82. The fourth-order valence-corrected chi connectivity index (χ4v) is 2.33. The van der Waals surface area contributed by atoms with Crippen molar-refractivity contribution in [3.05, 3.63) is 76.0 Å². The standard InChI is InChI=1S/C18H16N2O4/c1-12-4-3-9-20(17(12)21)10-15-11-24-16(19-15)13-5-7-14(8-6-13)18(22)23-2/h3-9,11H,10H2,1-2H3. The zero-order valence-corrected chi connectivity index (χ0v) is 13.4. The smallest absolute Gasteiger partial charge is 0.337 e. The van der Waals surface area contributed by atoms with Gasteiger partial charge in [-0.05, 0) is 37.3 Å². The van der Waals surface area contributed by atoms with E-state index >= 15 is 0 Å². The maximum atomic E-state index is 12.0. The van der Waals surface area contributed by atoms with Crippen molar-refractivity contribution >= 4 is 5.97 Å². The summed E-state index contributed by atoms with van der Waals surface area (Å²) in [6, 6.07) is 10.4. The van der Waals surface area contributed by atoms with Crippen LogP contribution < -0.4 is 5.56 Å². The summed E-state index contributed by atoms with van der Waals surface area (Å²) in [6.45, 7) is 2.11. The number of rotatable bonds is 4. The van der Waals surface area contributed by atoms with Crippen LogP contribution in [0.5, 0.6) is 0 Å². The quantitative estimate of drug-likeness (QED) is 0.690. The zero-order valence-electron chi connectivity index (χ0n) is 13.4. The topological polar surface area (TPSA) is 74.3 Å². The van der Waals surface area contributed by atoms with E-state index in [1.807, 2.05) is 6.07 Å². The molecule has 2 aromatic heterocycles. The maximum Gasteiger partial charge on any atom is 0.337 e. The number of carbonyl (C=O) groups is 1. The van der Waals surface area contributed by atoms with Crippen molar-refractivity contribution in [2.75, 3.05) is 7.11 Å². The summed E-state index contributed by atoms with van der Waals surface area (Å²) in [5.74, 6) is 0.0376. The molecule has 122 valence electrons. The van der Waals surface area contributed by atoms with Crippen LogP contribution in [0.25, 0.3) is 11.5 Å². The van der Waals surface area contributed by atoms with Gasteiger partial charge in [0.2, 0.25) is 5.89 Å². The molecule has 6 heteroatoms. The monoisotopic (exact) mass is 324 g/mol. The van der Waals surface area contributed by atoms with Crippen molar-refractivity contribution in [1.29, 1.82) is 0 Å². The summed E-state index contributed by atoms with van der Waals surface area (Å²) < 4.78 is 11.7. The predicted octanol–water partition coefficient (Wildman–Crippen LogP) is 2.65. The lowest BCUT2D eigenvalue weighted by atomic mass is 10.1. The molecule has 0 saturated heterocycles. The molecule has 1 aromatic carbocycles. The van der Waals surface area contributed by atoms with Gasteiger partial charge < -0.3 is 13.7 Å². The fraction of sp³-hybridized carbons (Fsp3) is 0.167. The zero-order chi connectivity index (χ0) is 17.1. The van der Waals surface area contributed by atoms with Crippen LogP contribution in [0.3, 0.4) is 0 Å². The minimum Gasteiger partial charge on any atom is -0.465 e. The third-order valence-electron chi connectivity index (χ3n) is 3.65. The highest BCUT2D eigenvalue weighted by atomic mass is 16.5. The Bertz CT molecular complexity index is 923. The largest absolute Gasteiger partial charge is 0.465 e. The van der Waals surface area contributed by atoms with Crippen molar-refractivity contribution in [3.8, 4) is 11.5 Å². The van der Waals surface area contributed by atoms with Crippen LogP contribution in [0.2, 0.25) is 0 Å². The van der Waals surface area contributed by atoms with Crippen LogP contribution in [-0.2, 0) is 11.3 Å². The van der Waals surface area contributed by atoms with E-state index in [-0.39, 0.29) is 5.56 Å². The minimum atomic E-state index is -0.395. The van der Waals surface area contributed by atoms with Crippen molar-refractivity contribution < 1.29 is 13.9 Å². The van der Waals surface area contributed by atoms with Crippen LogP contribution in [0.4, 0.5) is 0 Å². The molecule has 0 fully saturated rings. The van der Waals surface area contributed by atoms with Gasteiger partial charge in [0.15, 0.2) is 0 Å². The molecule has 0 aliphatic rings. The average molecular weight is 324 g/mol. The summed E-state index contributed by atoms with van der Waals surface area (Å²) in [6.07, 6.45) is 3.24. The summed E-state index contributed by atoms with van der Waals surface area (Å²) in [7, 11) is 1.34. The van der Waals surface area contributed by atoms with E-state index in [9.17, 15) is 9.59 Å². The Morgan fingerprint density at radius 1 is 1.25 bits per heavy atom. The van der Waals surface area contributed by atoms with E-state index in [2.05, 4.69) is 9.72 Å². The molecule has 0 amide bonds. The number of ether oxygens (including phenoxy) is 1. The molecule has 0 radical (unpaired) electrons. The third kappa shape index (κ3) is 3.12. The molecule has 0 saturated carbocycles. The molecule has 0 aliphatic heterocycles. The molecule has 6 nitrogen and oxygen atoms in total. The van der Waals surface area contributed by atoms with Gasteiger partial charge in [0.1, 0.15) is 6.26 Å². The van der Waals surface area contributed by atoms with Crippen LogP contribution >= 0.6 is 0 Å². The van der Waals surface area contributed by atoms with E-state index in [1.54, 1.807) is 48.0 Å². The molecule has 0 unspecified atom stereocenters. The fourth-order valence-electron chi connectivity index (χ4n) is 2.33. The highest BCUT2D eigenvalue weighted by Gasteiger charge is 2.10. The lowest BCUT2D eigenvalue weighted by Gasteiger charge is -2.03. The van der Waals surface area contributed by atoms with Crippen LogP contribution in [-0.4, -0.2) is 22.6 Å². The Labute approximate surface area is 138 Å². The molecular weight excluding hydrogens is 308 g/mol. The van der Waals surface area contributed by atoms with Gasteiger partial charge in [-0.15, -0.1) is 0 Å². The Morgan fingerprint density at radius 3 is 2.71 bits per heavy atom. The summed E-state index contributed by atoms with van der Waals surface area (Å²) >= 11 is 0. The van der Waals surface area contributed by atoms with Gasteiger partial charge in [-0.2, -0.15) is 0 Å². The maximum absolute atomic E-state index is 12.0. The molecule has 3 rings (SSSR count). The van der Waals surface area contributed by atoms with Gasteiger partial charge in [-0.1, -0.05) is 6.07 Å². The predicted molar refractivity (Wildman–Crippen MR) is 87.8 cm³/mol. The van der Waals surface area contributed by atoms with E-state index in [0.29, 0.717) is 29.3 Å². The number of nitrogens with zero attached hydrogens (tertiary/aromatic N) is 2. The number of aromatic nitrogens is 2. The summed E-state index contributed by atoms with van der Waals surface area (Å²) in [5.41, 5.74) is 2.48. The first-order valence-corrected chi connectivity index (χ1v) is 7.37. The molecule has 0 bridgehead atoms. The average Bonchev–Trinajstić information content (AvgIpc) is 3.07. The van der Waals surface area contributed by atoms with Crippen molar-refractivity contribution in [1.82, 2.24) is 9.55 Å². The number of carbonyl (C=O) groups excluding carboxylic acids is 1. The number of benzene rings is 1. The number of pyridine rings is 1. The van der Waals surface area contributed by atoms with Crippen LogP contribution in [0.1, 0.15) is 21.6 Å². The molecule has 0 atom stereocenters. The summed E-state index contributed by atoms with van der Waals surface area (Å²) in [4.78, 5) is 27.9. The molecule has 0 aliphatic carbocycles. The molecule has 24 heavy (non-hydrogen) atoms. The number of esters is 1. The molecule has 2 heterocycles. The first-order valence-electron chi connectivity index (χ1n) is 7.37. The number of aryl methyl sites for hydroxylation is 1. The van der Waals surface area contributed by atoms with Gasteiger partial charge in [0, 0.05) is 17.3 Å². The van der Waals surface area contributed by atoms with Crippen molar-refractivity contribution in [2.24, 2.45) is 0 Å². The number of hydrogen-bond donors (Lipinski definition) is 0. The van der Waals surface area contributed by atoms with Crippen LogP contribution in [0.15, 0.2) is 58.1 Å². The van der Waals surface area contributed by atoms with E-state index < -0.39 is 5.97 Å². The van der Waals surface area contributed by atoms with E-state index in [4.69, 9.17) is 4.42 Å². The Hall–Kier alpha value is -3.15. The van der Waals surface area contributed by atoms with Gasteiger partial charge in [-0.3, -0.25) is 4.79 Å². The van der Waals surface area contributed by atoms with Crippen molar-refractivity contribution in [3.63, 3.8) is 0 Å². The van der Waals surface area contributed by atoms with Crippen molar-refractivity contribution in [2.45, 2.75) is 13.5 Å². The highest BCUT2D eigenvalue weighted by Crippen LogP contribution is 2.19. The molecule has 3 aromatic rings. The Morgan fingerprint density at radius 2 is 2.00 bits per heavy atom. The lowest BCUT2D eigenvalue weighted by Crippen LogP contribution is -2.21. The highest BCUT2D eigenvalue weighted by molar-refractivity contribution is 5.89. The second-order valence-corrected chi connectivity index (χ2v) is 5.34. The first-order chi connectivity index (χ1) is 11.6. The van der Waals surface area contributed by atoms with E-state index in [0.717, 1.165) is 5.56 Å². The lowest BCUT2D eigenvalue weighted by molar-refractivity contribution is 0.0600. The normalized spacial score (nSPS) is 10.6. The summed E-state index contributed by atoms with van der Waals surface area (Å²) in [5, 5.41) is 0. The van der Waals surface area contributed by atoms with Gasteiger partial charge >= 0.3 is 5.97 Å². The van der Waals surface area contributed by atoms with Gasteiger partial charge in [-0.25, -0.2) is 9.78 Å².